The molecule has 1 fully saturated rings. The van der Waals surface area contributed by atoms with Gasteiger partial charge in [0.05, 0.1) is 0 Å². The molecule has 1 aliphatic rings. The van der Waals surface area contributed by atoms with Gasteiger partial charge in [0, 0.05) is 31.4 Å². The van der Waals surface area contributed by atoms with E-state index in [1.54, 1.807) is 0 Å². The number of hydrogen-bond acceptors (Lipinski definition) is 2. The summed E-state index contributed by atoms with van der Waals surface area (Å²) in [5, 5.41) is 3.55. The van der Waals surface area contributed by atoms with Crippen molar-refractivity contribution >= 4 is 5.69 Å². The highest BCUT2D eigenvalue weighted by Crippen LogP contribution is 2.22. The zero-order valence-corrected chi connectivity index (χ0v) is 11.1. The van der Waals surface area contributed by atoms with Crippen LogP contribution in [-0.2, 0) is 6.42 Å². The van der Waals surface area contributed by atoms with Crippen molar-refractivity contribution in [2.75, 3.05) is 24.5 Å². The van der Waals surface area contributed by atoms with E-state index >= 15 is 0 Å². The third-order valence-electron chi connectivity index (χ3n) is 3.56. The van der Waals surface area contributed by atoms with Crippen molar-refractivity contribution in [3.8, 4) is 0 Å². The Kier molecular flexibility index (Phi) is 4.43. The van der Waals surface area contributed by atoms with Crippen LogP contribution >= 0.6 is 0 Å². The number of hydrogen-bond donors (Lipinski definition) is 1. The standard InChI is InChI=1S/C15H24N2/c1-3-6-14-7-4-5-8-15(14)17-11-9-13(2)16-10-12-17/h4-5,7-8,13,16H,3,6,9-12H2,1-2H3. The van der Waals surface area contributed by atoms with Crippen molar-refractivity contribution in [1.29, 1.82) is 0 Å². The van der Waals surface area contributed by atoms with E-state index in [4.69, 9.17) is 0 Å². The van der Waals surface area contributed by atoms with Gasteiger partial charge in [-0.05, 0) is 31.4 Å². The number of nitrogens with one attached hydrogen (secondary N) is 1. The lowest BCUT2D eigenvalue weighted by Crippen LogP contribution is -2.29. The van der Waals surface area contributed by atoms with Crippen LogP contribution in [-0.4, -0.2) is 25.7 Å². The lowest BCUT2D eigenvalue weighted by atomic mass is 10.1. The summed E-state index contributed by atoms with van der Waals surface area (Å²) >= 11 is 0. The molecular formula is C15H24N2. The monoisotopic (exact) mass is 232 g/mol. The molecule has 1 atom stereocenters. The summed E-state index contributed by atoms with van der Waals surface area (Å²) < 4.78 is 0. The Bertz CT molecular complexity index is 349. The Hall–Kier alpha value is -1.02. The van der Waals surface area contributed by atoms with Gasteiger partial charge in [0.25, 0.3) is 0 Å². The Labute approximate surface area is 105 Å². The summed E-state index contributed by atoms with van der Waals surface area (Å²) in [5.74, 6) is 0. The van der Waals surface area contributed by atoms with Crippen molar-refractivity contribution in [3.05, 3.63) is 29.8 Å². The lowest BCUT2D eigenvalue weighted by molar-refractivity contribution is 0.566. The lowest BCUT2D eigenvalue weighted by Gasteiger charge is -2.25. The van der Waals surface area contributed by atoms with Crippen molar-refractivity contribution in [1.82, 2.24) is 5.32 Å². The molecule has 0 amide bonds. The van der Waals surface area contributed by atoms with Gasteiger partial charge in [0.1, 0.15) is 0 Å². The Morgan fingerprint density at radius 2 is 2.12 bits per heavy atom. The van der Waals surface area contributed by atoms with Gasteiger partial charge in [-0.25, -0.2) is 0 Å². The topological polar surface area (TPSA) is 15.3 Å². The summed E-state index contributed by atoms with van der Waals surface area (Å²) in [6, 6.07) is 9.53. The van der Waals surface area contributed by atoms with Gasteiger partial charge in [0.2, 0.25) is 0 Å². The smallest absolute Gasteiger partial charge is 0.0399 e. The molecule has 17 heavy (non-hydrogen) atoms. The highest BCUT2D eigenvalue weighted by molar-refractivity contribution is 5.53. The number of rotatable bonds is 3. The molecule has 1 heterocycles. The Morgan fingerprint density at radius 1 is 1.29 bits per heavy atom. The second-order valence-corrected chi connectivity index (χ2v) is 5.01. The molecule has 1 unspecified atom stereocenters. The molecule has 2 heteroatoms. The predicted molar refractivity (Wildman–Crippen MR) is 74.7 cm³/mol. The Balaban J connectivity index is 2.14. The zero-order chi connectivity index (χ0) is 12.1. The van der Waals surface area contributed by atoms with Crippen LogP contribution in [0.5, 0.6) is 0 Å². The average molecular weight is 232 g/mol. The number of anilines is 1. The van der Waals surface area contributed by atoms with Crippen LogP contribution in [0.25, 0.3) is 0 Å². The average Bonchev–Trinajstić information content (AvgIpc) is 2.55. The first-order valence-corrected chi connectivity index (χ1v) is 6.87. The predicted octanol–water partition coefficient (Wildman–Crippen LogP) is 2.83. The maximum Gasteiger partial charge on any atom is 0.0399 e. The largest absolute Gasteiger partial charge is 0.370 e. The van der Waals surface area contributed by atoms with E-state index in [1.165, 1.54) is 37.1 Å². The van der Waals surface area contributed by atoms with Gasteiger partial charge >= 0.3 is 0 Å². The second kappa shape index (κ2) is 6.06. The van der Waals surface area contributed by atoms with Gasteiger partial charge < -0.3 is 10.2 Å². The normalized spacial score (nSPS) is 21.3. The van der Waals surface area contributed by atoms with E-state index in [9.17, 15) is 0 Å². The molecule has 0 aromatic heterocycles. The van der Waals surface area contributed by atoms with Gasteiger partial charge in [-0.2, -0.15) is 0 Å². The maximum atomic E-state index is 3.55. The highest BCUT2D eigenvalue weighted by Gasteiger charge is 2.15. The quantitative estimate of drug-likeness (QED) is 0.862. The number of benzene rings is 1. The van der Waals surface area contributed by atoms with Gasteiger partial charge in [-0.15, -0.1) is 0 Å². The molecule has 2 nitrogen and oxygen atoms in total. The molecule has 1 N–H and O–H groups in total. The third kappa shape index (κ3) is 3.22. The van der Waals surface area contributed by atoms with Crippen molar-refractivity contribution < 1.29 is 0 Å². The fourth-order valence-corrected chi connectivity index (χ4v) is 2.55. The minimum atomic E-state index is 0.651. The van der Waals surface area contributed by atoms with Gasteiger partial charge in [0.15, 0.2) is 0 Å². The molecular weight excluding hydrogens is 208 g/mol. The summed E-state index contributed by atoms with van der Waals surface area (Å²) in [4.78, 5) is 2.54. The van der Waals surface area contributed by atoms with Crippen LogP contribution < -0.4 is 10.2 Å². The van der Waals surface area contributed by atoms with E-state index in [0.717, 1.165) is 13.1 Å². The molecule has 0 aliphatic carbocycles. The van der Waals surface area contributed by atoms with Crippen LogP contribution in [0.4, 0.5) is 5.69 Å². The SMILES string of the molecule is CCCc1ccccc1N1CCNC(C)CC1. The Morgan fingerprint density at radius 3 is 2.94 bits per heavy atom. The van der Waals surface area contributed by atoms with Crippen LogP contribution in [0.15, 0.2) is 24.3 Å². The second-order valence-electron chi connectivity index (χ2n) is 5.01. The third-order valence-corrected chi connectivity index (χ3v) is 3.56. The first kappa shape index (κ1) is 12.4. The van der Waals surface area contributed by atoms with E-state index in [1.807, 2.05) is 0 Å². The van der Waals surface area contributed by atoms with Gasteiger partial charge in [-0.3, -0.25) is 0 Å². The molecule has 1 aromatic carbocycles. The van der Waals surface area contributed by atoms with Crippen molar-refractivity contribution in [2.45, 2.75) is 39.2 Å². The van der Waals surface area contributed by atoms with E-state index < -0.39 is 0 Å². The number of aryl methyl sites for hydroxylation is 1. The summed E-state index contributed by atoms with van der Waals surface area (Å²) in [6.07, 6.45) is 3.65. The fourth-order valence-electron chi connectivity index (χ4n) is 2.55. The molecule has 94 valence electrons. The summed E-state index contributed by atoms with van der Waals surface area (Å²) in [6.45, 7) is 7.94. The minimum Gasteiger partial charge on any atom is -0.370 e. The summed E-state index contributed by atoms with van der Waals surface area (Å²) in [5.41, 5.74) is 2.95. The van der Waals surface area contributed by atoms with E-state index in [0.29, 0.717) is 6.04 Å². The molecule has 1 aromatic rings. The molecule has 0 spiro atoms. The summed E-state index contributed by atoms with van der Waals surface area (Å²) in [7, 11) is 0. The zero-order valence-electron chi connectivity index (χ0n) is 11.1. The molecule has 0 saturated carbocycles. The minimum absolute atomic E-state index is 0.651. The highest BCUT2D eigenvalue weighted by atomic mass is 15.2. The molecule has 0 radical (unpaired) electrons. The van der Waals surface area contributed by atoms with Crippen LogP contribution in [0.2, 0.25) is 0 Å². The van der Waals surface area contributed by atoms with E-state index in [-0.39, 0.29) is 0 Å². The van der Waals surface area contributed by atoms with Gasteiger partial charge in [-0.1, -0.05) is 31.5 Å². The van der Waals surface area contributed by atoms with Crippen LogP contribution in [0.3, 0.4) is 0 Å². The maximum absolute atomic E-state index is 3.55. The van der Waals surface area contributed by atoms with Crippen LogP contribution in [0, 0.1) is 0 Å². The van der Waals surface area contributed by atoms with Crippen LogP contribution in [0.1, 0.15) is 32.3 Å². The van der Waals surface area contributed by atoms with Crippen molar-refractivity contribution in [2.24, 2.45) is 0 Å². The first-order valence-electron chi connectivity index (χ1n) is 6.87. The number of para-hydroxylation sites is 1. The van der Waals surface area contributed by atoms with E-state index in [2.05, 4.69) is 48.3 Å². The first-order chi connectivity index (χ1) is 8.31. The van der Waals surface area contributed by atoms with Crippen molar-refractivity contribution in [3.63, 3.8) is 0 Å². The molecule has 2 rings (SSSR count). The molecule has 0 bridgehead atoms. The molecule has 1 aliphatic heterocycles. The fraction of sp³-hybridized carbons (Fsp3) is 0.600. The number of nitrogens with zero attached hydrogens (tertiary/aromatic N) is 1. The molecule has 1 saturated heterocycles.